The molecule has 0 amide bonds. The van der Waals surface area contributed by atoms with Crippen molar-refractivity contribution in [3.05, 3.63) is 135 Å². The van der Waals surface area contributed by atoms with E-state index in [2.05, 4.69) is 84.4 Å². The standard InChI is InChI=1S/C42H40ClN3O3/c1-27-34(8-4-10-38(27)39-11-5-9-37(28(39)2)33-13-12-31-6-3-7-32(31)17-33)26-49-42-19-41(48-25-30-16-29(20-44)21-45-22-30)35(18-40(42)43)23-46-15-14-36(47)24-46/h4-5,8-13,16-19,21-22,36,47H,3,6-7,14-15,23-26H2,1-2H3/t36-/m0/s1. The molecule has 1 aliphatic carbocycles. The first-order valence-corrected chi connectivity index (χ1v) is 17.4. The third-order valence-corrected chi connectivity index (χ3v) is 10.2. The molecule has 1 aliphatic heterocycles. The number of fused-ring (bicyclic) bond motifs is 1. The fourth-order valence-electron chi connectivity index (χ4n) is 7.20. The van der Waals surface area contributed by atoms with Crippen LogP contribution in [0.5, 0.6) is 11.5 Å². The molecule has 4 aromatic carbocycles. The molecule has 49 heavy (non-hydrogen) atoms. The molecule has 1 aromatic heterocycles. The third kappa shape index (κ3) is 7.21. The lowest BCUT2D eigenvalue weighted by atomic mass is 9.89. The van der Waals surface area contributed by atoms with E-state index in [4.69, 9.17) is 21.1 Å². The fourth-order valence-corrected chi connectivity index (χ4v) is 7.44. The van der Waals surface area contributed by atoms with Crippen molar-refractivity contribution in [2.75, 3.05) is 13.1 Å². The summed E-state index contributed by atoms with van der Waals surface area (Å²) in [5.74, 6) is 1.18. The van der Waals surface area contributed by atoms with Gasteiger partial charge in [0.05, 0.1) is 16.7 Å². The molecular weight excluding hydrogens is 630 g/mol. The van der Waals surface area contributed by atoms with Crippen molar-refractivity contribution >= 4 is 11.6 Å². The SMILES string of the molecule is Cc1c(COc2cc(OCc3cncc(C#N)c3)c(CN3CC[C@H](O)C3)cc2Cl)cccc1-c1cccc(-c2ccc3c(c2)CCC3)c1C. The molecule has 0 saturated carbocycles. The van der Waals surface area contributed by atoms with Crippen LogP contribution >= 0.6 is 11.6 Å². The van der Waals surface area contributed by atoms with E-state index in [1.54, 1.807) is 12.3 Å². The highest BCUT2D eigenvalue weighted by Crippen LogP contribution is 2.38. The number of likely N-dealkylation sites (tertiary alicyclic amines) is 1. The normalized spacial score (nSPS) is 15.6. The van der Waals surface area contributed by atoms with Crippen molar-refractivity contribution in [2.24, 2.45) is 0 Å². The number of halogens is 1. The highest BCUT2D eigenvalue weighted by molar-refractivity contribution is 6.32. The molecule has 1 fully saturated rings. The summed E-state index contributed by atoms with van der Waals surface area (Å²) in [6.45, 7) is 6.96. The molecule has 5 aromatic rings. The number of ether oxygens (including phenoxy) is 2. The monoisotopic (exact) mass is 669 g/mol. The highest BCUT2D eigenvalue weighted by Gasteiger charge is 2.23. The number of aromatic nitrogens is 1. The van der Waals surface area contributed by atoms with E-state index >= 15 is 0 Å². The molecule has 1 atom stereocenters. The van der Waals surface area contributed by atoms with Crippen LogP contribution in [-0.4, -0.2) is 34.2 Å². The summed E-state index contributed by atoms with van der Waals surface area (Å²) >= 11 is 6.84. The molecule has 7 rings (SSSR count). The molecule has 0 bridgehead atoms. The number of aryl methyl sites for hydroxylation is 2. The van der Waals surface area contributed by atoms with Crippen molar-refractivity contribution in [1.82, 2.24) is 9.88 Å². The van der Waals surface area contributed by atoms with Gasteiger partial charge in [0.15, 0.2) is 0 Å². The zero-order chi connectivity index (χ0) is 33.9. The Kier molecular flexibility index (Phi) is 9.68. The van der Waals surface area contributed by atoms with Gasteiger partial charge in [-0.1, -0.05) is 66.2 Å². The van der Waals surface area contributed by atoms with Gasteiger partial charge in [-0.15, -0.1) is 0 Å². The summed E-state index contributed by atoms with van der Waals surface area (Å²) in [5, 5.41) is 19.9. The molecule has 0 unspecified atom stereocenters. The van der Waals surface area contributed by atoms with Crippen LogP contribution in [0.4, 0.5) is 0 Å². The Labute approximate surface area is 293 Å². The maximum absolute atomic E-state index is 10.1. The first kappa shape index (κ1) is 32.9. The van der Waals surface area contributed by atoms with E-state index in [1.807, 2.05) is 12.1 Å². The highest BCUT2D eigenvalue weighted by atomic mass is 35.5. The van der Waals surface area contributed by atoms with Gasteiger partial charge >= 0.3 is 0 Å². The maximum atomic E-state index is 10.1. The zero-order valence-corrected chi connectivity index (χ0v) is 28.8. The number of β-amino-alcohol motifs (C(OH)–C–C–N with tert-alkyl or cyclic N) is 1. The number of hydrogen-bond donors (Lipinski definition) is 1. The van der Waals surface area contributed by atoms with Gasteiger partial charge in [-0.2, -0.15) is 5.26 Å². The predicted molar refractivity (Wildman–Crippen MR) is 194 cm³/mol. The molecule has 0 radical (unpaired) electrons. The summed E-state index contributed by atoms with van der Waals surface area (Å²) in [7, 11) is 0. The van der Waals surface area contributed by atoms with Gasteiger partial charge in [0.25, 0.3) is 0 Å². The average molecular weight is 670 g/mol. The van der Waals surface area contributed by atoms with Gasteiger partial charge in [-0.05, 0) is 102 Å². The number of nitriles is 1. The van der Waals surface area contributed by atoms with Crippen LogP contribution in [0, 0.1) is 25.2 Å². The molecule has 6 nitrogen and oxygen atoms in total. The van der Waals surface area contributed by atoms with Crippen LogP contribution in [0.15, 0.2) is 85.2 Å². The van der Waals surface area contributed by atoms with Crippen LogP contribution in [-0.2, 0) is 32.6 Å². The maximum Gasteiger partial charge on any atom is 0.142 e. The van der Waals surface area contributed by atoms with E-state index < -0.39 is 0 Å². The van der Waals surface area contributed by atoms with Crippen LogP contribution in [0.2, 0.25) is 5.02 Å². The Bertz CT molecular complexity index is 2050. The second-order valence-electron chi connectivity index (χ2n) is 13.2. The molecule has 2 heterocycles. The fraction of sp³-hybridized carbons (Fsp3) is 0.286. The van der Waals surface area contributed by atoms with Crippen molar-refractivity contribution in [2.45, 2.75) is 65.4 Å². The summed E-state index contributed by atoms with van der Waals surface area (Å²) in [4.78, 5) is 6.36. The molecule has 0 spiro atoms. The Morgan fingerprint density at radius 1 is 0.857 bits per heavy atom. The topological polar surface area (TPSA) is 78.6 Å². The van der Waals surface area contributed by atoms with E-state index in [0.717, 1.165) is 29.7 Å². The minimum atomic E-state index is -0.327. The molecule has 2 aliphatic rings. The van der Waals surface area contributed by atoms with Crippen LogP contribution < -0.4 is 9.47 Å². The number of hydrogen-bond acceptors (Lipinski definition) is 6. The van der Waals surface area contributed by atoms with Crippen LogP contribution in [0.25, 0.3) is 22.3 Å². The Hall–Kier alpha value is -4.67. The van der Waals surface area contributed by atoms with E-state index in [1.165, 1.54) is 70.0 Å². The Balaban J connectivity index is 1.13. The zero-order valence-electron chi connectivity index (χ0n) is 28.0. The first-order valence-electron chi connectivity index (χ1n) is 17.0. The third-order valence-electron chi connectivity index (χ3n) is 9.94. The predicted octanol–water partition coefficient (Wildman–Crippen LogP) is 8.77. The summed E-state index contributed by atoms with van der Waals surface area (Å²) in [5.41, 5.74) is 13.6. The Morgan fingerprint density at radius 3 is 2.45 bits per heavy atom. The average Bonchev–Trinajstić information content (AvgIpc) is 3.76. The lowest BCUT2D eigenvalue weighted by Gasteiger charge is -2.20. The second kappa shape index (κ2) is 14.4. The lowest BCUT2D eigenvalue weighted by molar-refractivity contribution is 0.174. The number of nitrogens with zero attached hydrogens (tertiary/aromatic N) is 3. The molecule has 1 N–H and O–H groups in total. The van der Waals surface area contributed by atoms with Crippen LogP contribution in [0.1, 0.15) is 57.3 Å². The van der Waals surface area contributed by atoms with Gasteiger partial charge < -0.3 is 14.6 Å². The van der Waals surface area contributed by atoms with Crippen molar-refractivity contribution in [3.8, 4) is 39.8 Å². The van der Waals surface area contributed by atoms with Crippen LogP contribution in [0.3, 0.4) is 0 Å². The summed E-state index contributed by atoms with van der Waals surface area (Å²) in [6, 6.07) is 27.6. The smallest absolute Gasteiger partial charge is 0.142 e. The quantitative estimate of drug-likeness (QED) is 0.160. The Morgan fingerprint density at radius 2 is 1.63 bits per heavy atom. The molecule has 7 heteroatoms. The number of benzene rings is 4. The van der Waals surface area contributed by atoms with Gasteiger partial charge in [0.1, 0.15) is 30.8 Å². The molecule has 1 saturated heterocycles. The van der Waals surface area contributed by atoms with Gasteiger partial charge in [-0.25, -0.2) is 0 Å². The van der Waals surface area contributed by atoms with Gasteiger partial charge in [0.2, 0.25) is 0 Å². The van der Waals surface area contributed by atoms with Gasteiger partial charge in [0, 0.05) is 49.2 Å². The largest absolute Gasteiger partial charge is 0.488 e. The van der Waals surface area contributed by atoms with Crippen molar-refractivity contribution in [1.29, 1.82) is 5.26 Å². The first-order chi connectivity index (χ1) is 23.9. The van der Waals surface area contributed by atoms with E-state index in [-0.39, 0.29) is 12.7 Å². The molecule has 248 valence electrons. The van der Waals surface area contributed by atoms with Gasteiger partial charge in [-0.3, -0.25) is 9.88 Å². The number of aliphatic hydroxyl groups excluding tert-OH is 1. The number of aliphatic hydroxyl groups is 1. The van der Waals surface area contributed by atoms with E-state index in [9.17, 15) is 10.4 Å². The summed E-state index contributed by atoms with van der Waals surface area (Å²) in [6.07, 6.45) is 7.24. The molecular formula is C42H40ClN3O3. The second-order valence-corrected chi connectivity index (χ2v) is 13.7. The van der Waals surface area contributed by atoms with Crippen molar-refractivity contribution < 1.29 is 14.6 Å². The number of rotatable bonds is 10. The minimum absolute atomic E-state index is 0.240. The van der Waals surface area contributed by atoms with Crippen molar-refractivity contribution in [3.63, 3.8) is 0 Å². The lowest BCUT2D eigenvalue weighted by Crippen LogP contribution is -2.22. The van der Waals surface area contributed by atoms with E-state index in [0.29, 0.717) is 41.8 Å². The summed E-state index contributed by atoms with van der Waals surface area (Å²) < 4.78 is 12.7. The minimum Gasteiger partial charge on any atom is -0.488 e. The number of pyridine rings is 1.